The van der Waals surface area contributed by atoms with Gasteiger partial charge in [-0.25, -0.2) is 0 Å². The van der Waals surface area contributed by atoms with Crippen molar-refractivity contribution in [1.82, 2.24) is 0 Å². The van der Waals surface area contributed by atoms with Gasteiger partial charge in [0.1, 0.15) is 0 Å². The van der Waals surface area contributed by atoms with Gasteiger partial charge in [0, 0.05) is 25.7 Å². The highest BCUT2D eigenvalue weighted by Crippen LogP contribution is 2.33. The predicted molar refractivity (Wildman–Crippen MR) is 79.3 cm³/mol. The lowest BCUT2D eigenvalue weighted by atomic mass is 10.3. The summed E-state index contributed by atoms with van der Waals surface area (Å²) in [6, 6.07) is 3.89. The molecule has 0 unspecified atom stereocenters. The van der Waals surface area contributed by atoms with Crippen LogP contribution in [0.5, 0.6) is 0 Å². The third-order valence-corrected chi connectivity index (χ3v) is 5.12. The summed E-state index contributed by atoms with van der Waals surface area (Å²) in [4.78, 5) is 11.1. The van der Waals surface area contributed by atoms with Gasteiger partial charge in [-0.2, -0.15) is 0 Å². The Hall–Kier alpha value is -0.0700. The van der Waals surface area contributed by atoms with Crippen LogP contribution in [0.25, 0.3) is 0 Å². The van der Waals surface area contributed by atoms with E-state index in [1.807, 2.05) is 12.1 Å². The summed E-state index contributed by atoms with van der Waals surface area (Å²) in [5.41, 5.74) is 0.941. The second-order valence-electron chi connectivity index (χ2n) is 3.24. The van der Waals surface area contributed by atoms with Crippen LogP contribution in [0.15, 0.2) is 25.6 Å². The molecule has 17 heavy (non-hydrogen) atoms. The van der Waals surface area contributed by atoms with Crippen molar-refractivity contribution >= 4 is 59.4 Å². The van der Waals surface area contributed by atoms with Gasteiger partial charge < -0.3 is 10.1 Å². The van der Waals surface area contributed by atoms with Crippen molar-refractivity contribution in [2.45, 2.75) is 13.3 Å². The van der Waals surface area contributed by atoms with E-state index in [0.717, 1.165) is 19.1 Å². The van der Waals surface area contributed by atoms with E-state index in [-0.39, 0.29) is 5.97 Å². The largest absolute Gasteiger partial charge is 0.466 e. The zero-order valence-electron chi connectivity index (χ0n) is 9.23. The Balaban J connectivity index is 2.50. The molecule has 0 heterocycles. The van der Waals surface area contributed by atoms with Crippen molar-refractivity contribution in [3.05, 3.63) is 25.6 Å². The topological polar surface area (TPSA) is 38.3 Å². The molecule has 94 valence electrons. The molecule has 1 aromatic carbocycles. The monoisotopic (exact) mass is 427 g/mol. The molecule has 1 rings (SSSR count). The molecular weight excluding hydrogens is 418 g/mol. The van der Waals surface area contributed by atoms with Crippen molar-refractivity contribution in [3.8, 4) is 0 Å². The Morgan fingerprint density at radius 3 is 2.41 bits per heavy atom. The number of ether oxygens (including phenoxy) is 1. The molecule has 6 heteroatoms. The average Bonchev–Trinajstić information content (AvgIpc) is 2.26. The van der Waals surface area contributed by atoms with Crippen molar-refractivity contribution in [1.29, 1.82) is 0 Å². The molecular formula is C11H12Br3NO2. The lowest BCUT2D eigenvalue weighted by molar-refractivity contribution is -0.142. The summed E-state index contributed by atoms with van der Waals surface area (Å²) < 4.78 is 7.71. The third kappa shape index (κ3) is 4.97. The third-order valence-electron chi connectivity index (χ3n) is 1.95. The van der Waals surface area contributed by atoms with E-state index in [2.05, 4.69) is 53.1 Å². The van der Waals surface area contributed by atoms with Crippen molar-refractivity contribution < 1.29 is 9.53 Å². The molecule has 0 aromatic heterocycles. The van der Waals surface area contributed by atoms with Crippen LogP contribution in [0.2, 0.25) is 0 Å². The molecule has 1 N–H and O–H groups in total. The number of carbonyl (C=O) groups excluding carboxylic acids is 1. The maximum absolute atomic E-state index is 11.1. The highest BCUT2D eigenvalue weighted by Gasteiger charge is 2.05. The molecule has 0 bridgehead atoms. The zero-order valence-corrected chi connectivity index (χ0v) is 14.0. The van der Waals surface area contributed by atoms with Crippen LogP contribution >= 0.6 is 47.8 Å². The second kappa shape index (κ2) is 7.38. The molecule has 1 aromatic rings. The molecule has 0 aliphatic carbocycles. The molecule has 0 fully saturated rings. The second-order valence-corrected chi connectivity index (χ2v) is 5.74. The first-order chi connectivity index (χ1) is 8.04. The van der Waals surface area contributed by atoms with E-state index < -0.39 is 0 Å². The molecule has 0 amide bonds. The minimum absolute atomic E-state index is 0.185. The number of nitrogens with one attached hydrogen (secondary N) is 1. The highest BCUT2D eigenvalue weighted by molar-refractivity contribution is 9.14. The van der Waals surface area contributed by atoms with E-state index in [1.165, 1.54) is 0 Å². The summed E-state index contributed by atoms with van der Waals surface area (Å²) >= 11 is 10.3. The van der Waals surface area contributed by atoms with E-state index >= 15 is 0 Å². The van der Waals surface area contributed by atoms with E-state index in [4.69, 9.17) is 4.74 Å². The number of halogens is 3. The van der Waals surface area contributed by atoms with Gasteiger partial charge in [0.05, 0.1) is 13.0 Å². The normalized spacial score (nSPS) is 10.1. The minimum atomic E-state index is -0.185. The maximum Gasteiger partial charge on any atom is 0.307 e. The Bertz CT molecular complexity index is 387. The van der Waals surface area contributed by atoms with Crippen LogP contribution in [-0.2, 0) is 9.53 Å². The molecule has 0 radical (unpaired) electrons. The Labute approximate surface area is 126 Å². The summed E-state index contributed by atoms with van der Waals surface area (Å²) in [6.07, 6.45) is 0.360. The number of benzene rings is 1. The Morgan fingerprint density at radius 1 is 1.29 bits per heavy atom. The molecule has 0 saturated heterocycles. The molecule has 0 spiro atoms. The number of rotatable bonds is 5. The predicted octanol–water partition coefficient (Wildman–Crippen LogP) is 4.34. The Morgan fingerprint density at radius 2 is 1.88 bits per heavy atom. The summed E-state index contributed by atoms with van der Waals surface area (Å²) in [6.45, 7) is 2.78. The van der Waals surface area contributed by atoms with Gasteiger partial charge in [-0.3, -0.25) is 4.79 Å². The van der Waals surface area contributed by atoms with Gasteiger partial charge in [-0.15, -0.1) is 0 Å². The SMILES string of the molecule is CCOC(=O)CCNc1cc(Br)c(Br)c(Br)c1. The first-order valence-corrected chi connectivity index (χ1v) is 7.46. The standard InChI is InChI=1S/C11H12Br3NO2/c1-2-17-10(16)3-4-15-7-5-8(12)11(14)9(13)6-7/h5-6,15H,2-4H2,1H3. The van der Waals surface area contributed by atoms with Crippen LogP contribution < -0.4 is 5.32 Å². The van der Waals surface area contributed by atoms with Crippen molar-refractivity contribution in [3.63, 3.8) is 0 Å². The zero-order chi connectivity index (χ0) is 12.8. The van der Waals surface area contributed by atoms with Gasteiger partial charge in [-0.1, -0.05) is 0 Å². The van der Waals surface area contributed by atoms with Crippen molar-refractivity contribution in [2.24, 2.45) is 0 Å². The van der Waals surface area contributed by atoms with Gasteiger partial charge in [0.15, 0.2) is 0 Å². The van der Waals surface area contributed by atoms with E-state index in [1.54, 1.807) is 6.92 Å². The summed E-state index contributed by atoms with van der Waals surface area (Å²) in [7, 11) is 0. The smallest absolute Gasteiger partial charge is 0.307 e. The average molecular weight is 430 g/mol. The fraction of sp³-hybridized carbons (Fsp3) is 0.364. The quantitative estimate of drug-likeness (QED) is 0.559. The Kier molecular flexibility index (Phi) is 6.51. The summed E-state index contributed by atoms with van der Waals surface area (Å²) in [5, 5.41) is 3.16. The summed E-state index contributed by atoms with van der Waals surface area (Å²) in [5.74, 6) is -0.185. The fourth-order valence-corrected chi connectivity index (χ4v) is 2.62. The lowest BCUT2D eigenvalue weighted by Gasteiger charge is -2.08. The minimum Gasteiger partial charge on any atom is -0.466 e. The number of hydrogen-bond donors (Lipinski definition) is 1. The first kappa shape index (κ1) is 15.0. The van der Waals surface area contributed by atoms with Gasteiger partial charge >= 0.3 is 5.97 Å². The fourth-order valence-electron chi connectivity index (χ4n) is 1.20. The molecule has 0 saturated carbocycles. The first-order valence-electron chi connectivity index (χ1n) is 5.08. The number of anilines is 1. The van der Waals surface area contributed by atoms with Gasteiger partial charge in [0.2, 0.25) is 0 Å². The maximum atomic E-state index is 11.1. The lowest BCUT2D eigenvalue weighted by Crippen LogP contribution is -2.11. The highest BCUT2D eigenvalue weighted by atomic mass is 79.9. The molecule has 0 aliphatic heterocycles. The van der Waals surface area contributed by atoms with Crippen molar-refractivity contribution in [2.75, 3.05) is 18.5 Å². The van der Waals surface area contributed by atoms with Crippen LogP contribution in [0.3, 0.4) is 0 Å². The molecule has 0 aliphatic rings. The molecule has 3 nitrogen and oxygen atoms in total. The van der Waals surface area contributed by atoms with Crippen LogP contribution in [0.4, 0.5) is 5.69 Å². The number of esters is 1. The van der Waals surface area contributed by atoms with Crippen LogP contribution in [0.1, 0.15) is 13.3 Å². The number of carbonyl (C=O) groups is 1. The van der Waals surface area contributed by atoms with Crippen LogP contribution in [0, 0.1) is 0 Å². The van der Waals surface area contributed by atoms with E-state index in [9.17, 15) is 4.79 Å². The van der Waals surface area contributed by atoms with Crippen LogP contribution in [-0.4, -0.2) is 19.1 Å². The number of hydrogen-bond acceptors (Lipinski definition) is 3. The van der Waals surface area contributed by atoms with E-state index in [0.29, 0.717) is 19.6 Å². The molecule has 0 atom stereocenters. The van der Waals surface area contributed by atoms with Gasteiger partial charge in [-0.05, 0) is 66.8 Å². The van der Waals surface area contributed by atoms with Gasteiger partial charge in [0.25, 0.3) is 0 Å².